The fraction of sp³-hybridized carbons (Fsp3) is 0.286. The van der Waals surface area contributed by atoms with Crippen LogP contribution in [0, 0.1) is 0 Å². The van der Waals surface area contributed by atoms with Crippen LogP contribution in [0.15, 0.2) is 53.1 Å². The summed E-state index contributed by atoms with van der Waals surface area (Å²) in [6.07, 6.45) is 0. The molecule has 3 aromatic rings. The monoisotopic (exact) mass is 429 g/mol. The van der Waals surface area contributed by atoms with E-state index in [1.165, 1.54) is 0 Å². The van der Waals surface area contributed by atoms with Crippen LogP contribution in [-0.2, 0) is 16.1 Å². The van der Waals surface area contributed by atoms with Crippen molar-refractivity contribution in [3.05, 3.63) is 59.4 Å². The zero-order valence-corrected chi connectivity index (χ0v) is 16.9. The Bertz CT molecular complexity index is 986. The summed E-state index contributed by atoms with van der Waals surface area (Å²) < 4.78 is 21.9. The third-order valence-corrected chi connectivity index (χ3v) is 4.74. The molecule has 0 N–H and O–H groups in total. The van der Waals surface area contributed by atoms with E-state index < -0.39 is 0 Å². The molecule has 30 heavy (non-hydrogen) atoms. The number of morpholine rings is 1. The van der Waals surface area contributed by atoms with Gasteiger partial charge in [-0.25, -0.2) is 0 Å². The van der Waals surface area contributed by atoms with Crippen LogP contribution >= 0.6 is 11.6 Å². The number of hydrogen-bond acceptors (Lipinski definition) is 7. The van der Waals surface area contributed by atoms with Gasteiger partial charge in [-0.1, -0.05) is 28.9 Å². The summed E-state index contributed by atoms with van der Waals surface area (Å²) >= 11 is 5.87. The van der Waals surface area contributed by atoms with Crippen molar-refractivity contribution in [2.75, 3.05) is 32.9 Å². The van der Waals surface area contributed by atoms with Crippen LogP contribution < -0.4 is 9.47 Å². The number of nitrogens with zero attached hydrogens (tertiary/aromatic N) is 3. The number of halogens is 1. The second-order valence-corrected chi connectivity index (χ2v) is 6.97. The summed E-state index contributed by atoms with van der Waals surface area (Å²) in [6.45, 7) is 2.30. The number of aromatic nitrogens is 2. The minimum absolute atomic E-state index is 0.0681. The highest BCUT2D eigenvalue weighted by molar-refractivity contribution is 6.30. The van der Waals surface area contributed by atoms with Gasteiger partial charge in [-0.05, 0) is 36.4 Å². The Balaban J connectivity index is 1.39. The van der Waals surface area contributed by atoms with Crippen molar-refractivity contribution >= 4 is 17.5 Å². The Morgan fingerprint density at radius 1 is 1.07 bits per heavy atom. The van der Waals surface area contributed by atoms with Crippen LogP contribution in [0.3, 0.4) is 0 Å². The molecule has 1 amide bonds. The molecule has 0 bridgehead atoms. The van der Waals surface area contributed by atoms with E-state index >= 15 is 0 Å². The summed E-state index contributed by atoms with van der Waals surface area (Å²) in [6, 6.07) is 14.2. The summed E-state index contributed by atoms with van der Waals surface area (Å²) in [5, 5.41) is 4.64. The number of hydrogen-bond donors (Lipinski definition) is 0. The Morgan fingerprint density at radius 2 is 1.83 bits per heavy atom. The van der Waals surface area contributed by atoms with Gasteiger partial charge in [0.1, 0.15) is 11.5 Å². The minimum atomic E-state index is -0.0849. The van der Waals surface area contributed by atoms with E-state index in [1.54, 1.807) is 35.2 Å². The fourth-order valence-corrected chi connectivity index (χ4v) is 3.05. The second-order valence-electron chi connectivity index (χ2n) is 6.53. The van der Waals surface area contributed by atoms with Crippen LogP contribution in [0.1, 0.15) is 5.89 Å². The van der Waals surface area contributed by atoms with Crippen molar-refractivity contribution in [3.63, 3.8) is 0 Å². The highest BCUT2D eigenvalue weighted by atomic mass is 35.5. The van der Waals surface area contributed by atoms with E-state index in [0.29, 0.717) is 60.1 Å². The molecule has 0 aliphatic carbocycles. The lowest BCUT2D eigenvalue weighted by atomic mass is 10.2. The third-order valence-electron chi connectivity index (χ3n) is 4.49. The van der Waals surface area contributed by atoms with Gasteiger partial charge in [0.25, 0.3) is 11.8 Å². The van der Waals surface area contributed by atoms with Crippen molar-refractivity contribution in [1.82, 2.24) is 15.0 Å². The maximum atomic E-state index is 12.3. The molecule has 1 aliphatic heterocycles. The Hall–Kier alpha value is -3.10. The van der Waals surface area contributed by atoms with Crippen LogP contribution in [-0.4, -0.2) is 53.9 Å². The molecule has 2 aromatic carbocycles. The van der Waals surface area contributed by atoms with Crippen molar-refractivity contribution in [3.8, 4) is 22.9 Å². The van der Waals surface area contributed by atoms with Crippen molar-refractivity contribution in [1.29, 1.82) is 0 Å². The third kappa shape index (κ3) is 5.08. The van der Waals surface area contributed by atoms with Gasteiger partial charge in [-0.15, -0.1) is 0 Å². The molecular formula is C21H20ClN3O5. The molecule has 0 saturated carbocycles. The van der Waals surface area contributed by atoms with Crippen LogP contribution in [0.4, 0.5) is 0 Å². The topological polar surface area (TPSA) is 86.9 Å². The quantitative estimate of drug-likeness (QED) is 0.570. The van der Waals surface area contributed by atoms with Gasteiger partial charge in [0.15, 0.2) is 13.2 Å². The molecule has 9 heteroatoms. The predicted molar refractivity (Wildman–Crippen MR) is 108 cm³/mol. The SMILES string of the molecule is O=C(COc1ccccc1-c1noc(COc2ccc(Cl)cc2)n1)N1CCOCC1. The van der Waals surface area contributed by atoms with Crippen molar-refractivity contribution in [2.45, 2.75) is 6.61 Å². The van der Waals surface area contributed by atoms with Gasteiger partial charge in [0, 0.05) is 18.1 Å². The lowest BCUT2D eigenvalue weighted by Crippen LogP contribution is -2.43. The first-order valence-corrected chi connectivity index (χ1v) is 9.85. The number of carbonyl (C=O) groups is 1. The first kappa shape index (κ1) is 20.2. The number of para-hydroxylation sites is 1. The van der Waals surface area contributed by atoms with Gasteiger partial charge >= 0.3 is 0 Å². The lowest BCUT2D eigenvalue weighted by Gasteiger charge is -2.26. The average Bonchev–Trinajstić information content (AvgIpc) is 3.27. The average molecular weight is 430 g/mol. The fourth-order valence-electron chi connectivity index (χ4n) is 2.92. The summed E-state index contributed by atoms with van der Waals surface area (Å²) in [7, 11) is 0. The summed E-state index contributed by atoms with van der Waals surface area (Å²) in [5.74, 6) is 1.74. The highest BCUT2D eigenvalue weighted by Gasteiger charge is 2.19. The number of benzene rings is 2. The number of amides is 1. The maximum absolute atomic E-state index is 12.3. The summed E-state index contributed by atoms with van der Waals surface area (Å²) in [4.78, 5) is 18.4. The number of carbonyl (C=O) groups excluding carboxylic acids is 1. The van der Waals surface area contributed by atoms with Crippen LogP contribution in [0.2, 0.25) is 5.02 Å². The molecule has 156 valence electrons. The maximum Gasteiger partial charge on any atom is 0.264 e. The van der Waals surface area contributed by atoms with Crippen LogP contribution in [0.25, 0.3) is 11.4 Å². The zero-order chi connectivity index (χ0) is 20.8. The van der Waals surface area contributed by atoms with E-state index in [4.69, 9.17) is 30.3 Å². The predicted octanol–water partition coefficient (Wildman–Crippen LogP) is 3.21. The molecule has 0 radical (unpaired) electrons. The van der Waals surface area contributed by atoms with Crippen molar-refractivity contribution in [2.24, 2.45) is 0 Å². The Labute approximate surface area is 178 Å². The molecule has 2 heterocycles. The number of ether oxygens (including phenoxy) is 3. The first-order valence-electron chi connectivity index (χ1n) is 9.48. The van der Waals surface area contributed by atoms with E-state index in [2.05, 4.69) is 10.1 Å². The second kappa shape index (κ2) is 9.60. The van der Waals surface area contributed by atoms with E-state index in [-0.39, 0.29) is 19.1 Å². The molecule has 1 fully saturated rings. The molecule has 1 aromatic heterocycles. The van der Waals surface area contributed by atoms with Gasteiger partial charge < -0.3 is 23.6 Å². The number of rotatable bonds is 7. The highest BCUT2D eigenvalue weighted by Crippen LogP contribution is 2.28. The smallest absolute Gasteiger partial charge is 0.264 e. The molecule has 1 saturated heterocycles. The lowest BCUT2D eigenvalue weighted by molar-refractivity contribution is -0.137. The van der Waals surface area contributed by atoms with Gasteiger partial charge in [-0.3, -0.25) is 4.79 Å². The standard InChI is InChI=1S/C21H20ClN3O5/c22-15-5-7-16(8-6-15)28-13-19-23-21(24-30-19)17-3-1-2-4-18(17)29-14-20(26)25-9-11-27-12-10-25/h1-8H,9-14H2. The molecule has 8 nitrogen and oxygen atoms in total. The van der Waals surface area contributed by atoms with Crippen LogP contribution in [0.5, 0.6) is 11.5 Å². The zero-order valence-electron chi connectivity index (χ0n) is 16.1. The van der Waals surface area contributed by atoms with Gasteiger partial charge in [0.2, 0.25) is 5.82 Å². The molecule has 4 rings (SSSR count). The minimum Gasteiger partial charge on any atom is -0.484 e. The van der Waals surface area contributed by atoms with E-state index in [9.17, 15) is 4.79 Å². The normalized spacial score (nSPS) is 13.8. The summed E-state index contributed by atoms with van der Waals surface area (Å²) in [5.41, 5.74) is 0.633. The molecule has 0 atom stereocenters. The largest absolute Gasteiger partial charge is 0.484 e. The molecule has 1 aliphatic rings. The van der Waals surface area contributed by atoms with E-state index in [1.807, 2.05) is 18.2 Å². The van der Waals surface area contributed by atoms with Crippen molar-refractivity contribution < 1.29 is 23.5 Å². The first-order chi connectivity index (χ1) is 14.7. The van der Waals surface area contributed by atoms with E-state index in [0.717, 1.165) is 0 Å². The van der Waals surface area contributed by atoms with Gasteiger partial charge in [-0.2, -0.15) is 4.98 Å². The molecule has 0 unspecified atom stereocenters. The molecule has 0 spiro atoms. The van der Waals surface area contributed by atoms with Gasteiger partial charge in [0.05, 0.1) is 18.8 Å². The Morgan fingerprint density at radius 3 is 2.63 bits per heavy atom. The molecular weight excluding hydrogens is 410 g/mol. The Kier molecular flexibility index (Phi) is 6.46.